The minimum absolute atomic E-state index is 0.131. The van der Waals surface area contributed by atoms with Crippen molar-refractivity contribution in [1.29, 1.82) is 0 Å². The molecule has 10 heteroatoms. The molecular weight excluding hydrogens is 520 g/mol. The summed E-state index contributed by atoms with van der Waals surface area (Å²) in [6.07, 6.45) is 6.14. The Morgan fingerprint density at radius 3 is 2.70 bits per heavy atom. The van der Waals surface area contributed by atoms with Crippen LogP contribution in [0.15, 0.2) is 12.1 Å². The summed E-state index contributed by atoms with van der Waals surface area (Å²) in [6, 6.07) is 1.76. The molecule has 0 bridgehead atoms. The van der Waals surface area contributed by atoms with Crippen LogP contribution >= 0.6 is 0 Å². The fourth-order valence-corrected chi connectivity index (χ4v) is 5.71. The van der Waals surface area contributed by atoms with E-state index >= 15 is 4.39 Å². The van der Waals surface area contributed by atoms with E-state index in [1.807, 2.05) is 6.07 Å². The van der Waals surface area contributed by atoms with Crippen LogP contribution < -0.4 is 14.8 Å². The fraction of sp³-hybridized carbons (Fsp3) is 0.600. The predicted molar refractivity (Wildman–Crippen MR) is 148 cm³/mol. The van der Waals surface area contributed by atoms with E-state index in [1.165, 1.54) is 7.11 Å². The molecule has 2 N–H and O–H groups in total. The largest absolute Gasteiger partial charge is 0.496 e. The van der Waals surface area contributed by atoms with E-state index in [2.05, 4.69) is 5.32 Å². The number of pyridine rings is 1. The molecule has 0 spiro atoms. The van der Waals surface area contributed by atoms with Crippen molar-refractivity contribution in [1.82, 2.24) is 9.88 Å². The lowest BCUT2D eigenvalue weighted by Crippen LogP contribution is -2.35. The number of likely N-dealkylation sites (tertiary alicyclic amines) is 1. The Labute approximate surface area is 235 Å². The number of nitrogens with zero attached hydrogens (tertiary/aromatic N) is 2. The number of nitrogens with one attached hydrogen (secondary N) is 1. The summed E-state index contributed by atoms with van der Waals surface area (Å²) in [5.41, 5.74) is 2.03. The summed E-state index contributed by atoms with van der Waals surface area (Å²) < 4.78 is 47.1. The molecule has 0 unspecified atom stereocenters. The van der Waals surface area contributed by atoms with Gasteiger partial charge in [-0.2, -0.15) is 0 Å². The number of carboxylic acids is 1. The Balaban J connectivity index is 1.29. The van der Waals surface area contributed by atoms with Crippen molar-refractivity contribution < 1.29 is 32.9 Å². The van der Waals surface area contributed by atoms with Gasteiger partial charge in [-0.3, -0.25) is 9.69 Å². The predicted octanol–water partition coefficient (Wildman–Crippen LogP) is 5.49. The zero-order valence-electron chi connectivity index (χ0n) is 23.9. The van der Waals surface area contributed by atoms with Gasteiger partial charge in [0.15, 0.2) is 11.6 Å². The van der Waals surface area contributed by atoms with Gasteiger partial charge >= 0.3 is 5.97 Å². The lowest BCUT2D eigenvalue weighted by molar-refractivity contribution is -0.143. The zero-order valence-corrected chi connectivity index (χ0v) is 23.9. The van der Waals surface area contributed by atoms with Gasteiger partial charge in [0.1, 0.15) is 23.4 Å². The van der Waals surface area contributed by atoms with E-state index in [0.717, 1.165) is 74.0 Å². The standard InChI is InChI=1S/C30H41F2N3O5/c1-18(2)22-16-23(31)28(39-4)25(26(22)32)27(30(36)37)35-13-11-20(17-35)40-14-7-5-6-9-19-15-24(38-3)21-10-8-12-33-29(21)34-19/h15-16,18,20,27H,5-14,17H2,1-4H3,(H,33,34)(H,36,37)/t20-,27+/m1/s1. The fourth-order valence-electron chi connectivity index (χ4n) is 5.71. The second-order valence-electron chi connectivity index (χ2n) is 10.9. The molecule has 0 aliphatic carbocycles. The SMILES string of the molecule is COc1cc(CCCCCO[C@@H]2CCN([C@H](C(=O)O)c3c(F)c(C(C)C)cc(F)c3OC)C2)nc2c1CCCN2. The molecule has 0 saturated carbocycles. The van der Waals surface area contributed by atoms with Gasteiger partial charge in [-0.15, -0.1) is 0 Å². The zero-order chi connectivity index (χ0) is 28.8. The number of hydrogen-bond donors (Lipinski definition) is 2. The molecule has 1 aromatic carbocycles. The number of hydrogen-bond acceptors (Lipinski definition) is 7. The third kappa shape index (κ3) is 6.66. The van der Waals surface area contributed by atoms with Gasteiger partial charge in [0, 0.05) is 43.6 Å². The summed E-state index contributed by atoms with van der Waals surface area (Å²) in [4.78, 5) is 18.7. The molecule has 1 aromatic heterocycles. The van der Waals surface area contributed by atoms with E-state index in [0.29, 0.717) is 26.1 Å². The number of benzene rings is 1. The number of ether oxygens (including phenoxy) is 3. The minimum Gasteiger partial charge on any atom is -0.496 e. The molecule has 3 heterocycles. The van der Waals surface area contributed by atoms with Crippen molar-refractivity contribution in [2.75, 3.05) is 45.8 Å². The summed E-state index contributed by atoms with van der Waals surface area (Å²) in [6.45, 7) is 5.67. The summed E-state index contributed by atoms with van der Waals surface area (Å²) in [7, 11) is 2.92. The number of halogens is 2. The number of fused-ring (bicyclic) bond motifs is 1. The average Bonchev–Trinajstić information content (AvgIpc) is 3.39. The molecular formula is C30H41F2N3O5. The van der Waals surface area contributed by atoms with Gasteiger partial charge < -0.3 is 24.6 Å². The normalized spacial score (nSPS) is 17.9. The van der Waals surface area contributed by atoms with Crippen LogP contribution in [0.2, 0.25) is 0 Å². The van der Waals surface area contributed by atoms with Crippen LogP contribution in [0.4, 0.5) is 14.6 Å². The van der Waals surface area contributed by atoms with Gasteiger partial charge in [0.25, 0.3) is 0 Å². The quantitative estimate of drug-likeness (QED) is 0.310. The summed E-state index contributed by atoms with van der Waals surface area (Å²) in [5, 5.41) is 13.4. The Bertz CT molecular complexity index is 1180. The van der Waals surface area contributed by atoms with Crippen molar-refractivity contribution in [3.63, 3.8) is 0 Å². The first-order chi connectivity index (χ1) is 19.2. The Morgan fingerprint density at radius 2 is 2.00 bits per heavy atom. The Morgan fingerprint density at radius 1 is 1.20 bits per heavy atom. The van der Waals surface area contributed by atoms with E-state index in [9.17, 15) is 14.3 Å². The molecule has 2 aliphatic heterocycles. The van der Waals surface area contributed by atoms with Gasteiger partial charge in [0.2, 0.25) is 0 Å². The number of methoxy groups -OCH3 is 2. The number of unbranched alkanes of at least 4 members (excludes halogenated alkanes) is 2. The van der Waals surface area contributed by atoms with E-state index in [1.54, 1.807) is 25.9 Å². The number of carbonyl (C=O) groups is 1. The maximum Gasteiger partial charge on any atom is 0.325 e. The van der Waals surface area contributed by atoms with Crippen LogP contribution in [0, 0.1) is 11.6 Å². The Kier molecular flexibility index (Phi) is 10.2. The van der Waals surface area contributed by atoms with Crippen molar-refractivity contribution in [2.45, 2.75) is 76.9 Å². The average molecular weight is 562 g/mol. The van der Waals surface area contributed by atoms with Crippen molar-refractivity contribution in [2.24, 2.45) is 0 Å². The molecule has 4 rings (SSSR count). The van der Waals surface area contributed by atoms with E-state index < -0.39 is 23.6 Å². The molecule has 8 nitrogen and oxygen atoms in total. The number of aryl methyl sites for hydroxylation is 1. The molecule has 0 amide bonds. The molecule has 1 fully saturated rings. The van der Waals surface area contributed by atoms with Crippen LogP contribution in [-0.4, -0.2) is 67.5 Å². The third-order valence-electron chi connectivity index (χ3n) is 7.79. The van der Waals surface area contributed by atoms with Crippen LogP contribution in [-0.2, 0) is 22.4 Å². The van der Waals surface area contributed by atoms with Gasteiger partial charge in [-0.05, 0) is 56.1 Å². The molecule has 220 valence electrons. The highest BCUT2D eigenvalue weighted by Crippen LogP contribution is 2.39. The third-order valence-corrected chi connectivity index (χ3v) is 7.79. The lowest BCUT2D eigenvalue weighted by atomic mass is 9.94. The number of anilines is 1. The number of aromatic nitrogens is 1. The van der Waals surface area contributed by atoms with Crippen LogP contribution in [0.3, 0.4) is 0 Å². The van der Waals surface area contributed by atoms with Gasteiger partial charge in [-0.25, -0.2) is 13.8 Å². The molecule has 2 atom stereocenters. The maximum atomic E-state index is 15.5. The summed E-state index contributed by atoms with van der Waals surface area (Å²) >= 11 is 0. The van der Waals surface area contributed by atoms with E-state index in [4.69, 9.17) is 19.2 Å². The maximum absolute atomic E-state index is 15.5. The van der Waals surface area contributed by atoms with Gasteiger partial charge in [-0.1, -0.05) is 20.3 Å². The van der Waals surface area contributed by atoms with Crippen LogP contribution in [0.5, 0.6) is 11.5 Å². The second-order valence-corrected chi connectivity index (χ2v) is 10.9. The van der Waals surface area contributed by atoms with E-state index in [-0.39, 0.29) is 28.9 Å². The van der Waals surface area contributed by atoms with Crippen LogP contribution in [0.25, 0.3) is 0 Å². The molecule has 40 heavy (non-hydrogen) atoms. The topological polar surface area (TPSA) is 93.2 Å². The first-order valence-corrected chi connectivity index (χ1v) is 14.2. The lowest BCUT2D eigenvalue weighted by Gasteiger charge is -2.27. The van der Waals surface area contributed by atoms with Crippen molar-refractivity contribution in [3.8, 4) is 11.5 Å². The molecule has 1 saturated heterocycles. The monoisotopic (exact) mass is 561 g/mol. The highest BCUT2D eigenvalue weighted by atomic mass is 19.1. The second kappa shape index (κ2) is 13.6. The highest BCUT2D eigenvalue weighted by Gasteiger charge is 2.39. The highest BCUT2D eigenvalue weighted by molar-refractivity contribution is 5.77. The smallest absolute Gasteiger partial charge is 0.325 e. The minimum atomic E-state index is -1.37. The van der Waals surface area contributed by atoms with Crippen LogP contribution in [0.1, 0.15) is 80.3 Å². The molecule has 2 aromatic rings. The molecule has 2 aliphatic rings. The first-order valence-electron chi connectivity index (χ1n) is 14.2. The van der Waals surface area contributed by atoms with Gasteiger partial charge in [0.05, 0.1) is 25.9 Å². The summed E-state index contributed by atoms with van der Waals surface area (Å²) in [5.74, 6) is -1.58. The molecule has 0 radical (unpaired) electrons. The Hall–Kier alpha value is -2.98. The number of rotatable bonds is 13. The first kappa shape index (κ1) is 30.0. The number of aliphatic carboxylic acids is 1. The van der Waals surface area contributed by atoms with Crippen molar-refractivity contribution >= 4 is 11.8 Å². The van der Waals surface area contributed by atoms with Crippen molar-refractivity contribution in [3.05, 3.63) is 46.2 Å². The number of carboxylic acid groups (broad SMARTS) is 1.